The van der Waals surface area contributed by atoms with Crippen LogP contribution in [0.4, 0.5) is 0 Å². The predicted molar refractivity (Wildman–Crippen MR) is 109 cm³/mol. The van der Waals surface area contributed by atoms with Crippen LogP contribution in [0.5, 0.6) is 0 Å². The molecule has 0 fully saturated rings. The summed E-state index contributed by atoms with van der Waals surface area (Å²) < 4.78 is 1.98. The normalized spacial score (nSPS) is 11.5. The van der Waals surface area contributed by atoms with E-state index in [-0.39, 0.29) is 0 Å². The first-order valence-electron chi connectivity index (χ1n) is 8.69. The molecule has 140 valence electrons. The van der Waals surface area contributed by atoms with Crippen LogP contribution in [0, 0.1) is 6.92 Å². The molecule has 0 aliphatic heterocycles. The van der Waals surface area contributed by atoms with Gasteiger partial charge >= 0.3 is 0 Å². The second-order valence-corrected chi connectivity index (χ2v) is 6.65. The third-order valence-electron chi connectivity index (χ3n) is 4.24. The molecule has 2 heterocycles. The van der Waals surface area contributed by atoms with Crippen LogP contribution in [-0.2, 0) is 13.1 Å². The van der Waals surface area contributed by atoms with Crippen molar-refractivity contribution in [3.8, 4) is 5.82 Å². The Hall–Kier alpha value is -2.86. The van der Waals surface area contributed by atoms with Crippen LogP contribution in [0.2, 0.25) is 5.02 Å². The molecule has 0 bridgehead atoms. The smallest absolute Gasteiger partial charge is 0.193 e. The molecule has 0 aliphatic rings. The van der Waals surface area contributed by atoms with E-state index < -0.39 is 0 Å². The van der Waals surface area contributed by atoms with Gasteiger partial charge in [-0.2, -0.15) is 0 Å². The standard InChI is InChI=1S/C20H23ClN6/c1-15-23-10-11-27(15)19-17(7-5-9-24-19)13-25-20(22-2)26(3)14-16-6-4-8-18(21)12-16/h4-12H,13-14H2,1-3H3,(H,22,25). The van der Waals surface area contributed by atoms with Gasteiger partial charge in [-0.1, -0.05) is 29.8 Å². The number of rotatable bonds is 5. The van der Waals surface area contributed by atoms with Crippen molar-refractivity contribution in [2.75, 3.05) is 14.1 Å². The number of aliphatic imine (C=N–C) groups is 1. The van der Waals surface area contributed by atoms with Gasteiger partial charge in [-0.05, 0) is 30.7 Å². The summed E-state index contributed by atoms with van der Waals surface area (Å²) in [4.78, 5) is 15.3. The predicted octanol–water partition coefficient (Wildman–Crippen LogP) is 3.44. The van der Waals surface area contributed by atoms with E-state index in [2.05, 4.69) is 37.3 Å². The van der Waals surface area contributed by atoms with Crippen LogP contribution in [0.3, 0.4) is 0 Å². The minimum absolute atomic E-state index is 0.605. The van der Waals surface area contributed by atoms with E-state index in [4.69, 9.17) is 11.6 Å². The average Bonchev–Trinajstić information content (AvgIpc) is 3.08. The molecule has 6 nitrogen and oxygen atoms in total. The maximum absolute atomic E-state index is 6.08. The summed E-state index contributed by atoms with van der Waals surface area (Å²) in [6.45, 7) is 3.28. The highest BCUT2D eigenvalue weighted by Crippen LogP contribution is 2.14. The zero-order chi connectivity index (χ0) is 19.2. The fourth-order valence-electron chi connectivity index (χ4n) is 2.93. The van der Waals surface area contributed by atoms with Gasteiger partial charge in [0.15, 0.2) is 5.96 Å². The Kier molecular flexibility index (Phi) is 6.08. The van der Waals surface area contributed by atoms with Crippen LogP contribution in [0.1, 0.15) is 17.0 Å². The van der Waals surface area contributed by atoms with Crippen molar-refractivity contribution in [3.05, 3.63) is 77.0 Å². The highest BCUT2D eigenvalue weighted by atomic mass is 35.5. The van der Waals surface area contributed by atoms with E-state index in [0.29, 0.717) is 13.1 Å². The van der Waals surface area contributed by atoms with Gasteiger partial charge in [-0.15, -0.1) is 0 Å². The van der Waals surface area contributed by atoms with Gasteiger partial charge in [-0.3, -0.25) is 9.56 Å². The molecule has 0 atom stereocenters. The van der Waals surface area contributed by atoms with Gasteiger partial charge in [0.25, 0.3) is 0 Å². The number of hydrogen-bond donors (Lipinski definition) is 1. The zero-order valence-electron chi connectivity index (χ0n) is 15.7. The van der Waals surface area contributed by atoms with E-state index in [9.17, 15) is 0 Å². The van der Waals surface area contributed by atoms with E-state index in [1.165, 1.54) is 0 Å². The lowest BCUT2D eigenvalue weighted by molar-refractivity contribution is 0.476. The van der Waals surface area contributed by atoms with Gasteiger partial charge in [0, 0.05) is 56.4 Å². The molecule has 27 heavy (non-hydrogen) atoms. The molecule has 0 saturated heterocycles. The number of hydrogen-bond acceptors (Lipinski definition) is 3. The molecule has 0 saturated carbocycles. The minimum atomic E-state index is 0.605. The fourth-order valence-corrected chi connectivity index (χ4v) is 3.14. The average molecular weight is 383 g/mol. The molecule has 0 aliphatic carbocycles. The third kappa shape index (κ3) is 4.65. The lowest BCUT2D eigenvalue weighted by Gasteiger charge is -2.23. The first-order valence-corrected chi connectivity index (χ1v) is 9.06. The van der Waals surface area contributed by atoms with E-state index in [1.807, 2.05) is 49.0 Å². The first-order chi connectivity index (χ1) is 13.1. The van der Waals surface area contributed by atoms with Gasteiger partial charge in [-0.25, -0.2) is 9.97 Å². The highest BCUT2D eigenvalue weighted by molar-refractivity contribution is 6.30. The summed E-state index contributed by atoms with van der Waals surface area (Å²) in [5.74, 6) is 2.57. The quantitative estimate of drug-likeness (QED) is 0.542. The molecule has 1 aromatic carbocycles. The highest BCUT2D eigenvalue weighted by Gasteiger charge is 2.11. The number of benzene rings is 1. The summed E-state index contributed by atoms with van der Waals surface area (Å²) in [5, 5.41) is 4.15. The van der Waals surface area contributed by atoms with Gasteiger partial charge in [0.2, 0.25) is 0 Å². The van der Waals surface area contributed by atoms with Crippen LogP contribution in [0.25, 0.3) is 5.82 Å². The van der Waals surface area contributed by atoms with Crippen LogP contribution < -0.4 is 5.32 Å². The SMILES string of the molecule is CN=C(NCc1cccnc1-n1ccnc1C)N(C)Cc1cccc(Cl)c1. The van der Waals surface area contributed by atoms with E-state index in [0.717, 1.165) is 33.8 Å². The molecular formula is C20H23ClN6. The lowest BCUT2D eigenvalue weighted by atomic mass is 10.2. The summed E-state index contributed by atoms with van der Waals surface area (Å²) in [6, 6.07) is 11.8. The first kappa shape index (κ1) is 18.9. The van der Waals surface area contributed by atoms with Crippen molar-refractivity contribution in [2.24, 2.45) is 4.99 Å². The largest absolute Gasteiger partial charge is 0.352 e. The molecule has 0 radical (unpaired) electrons. The number of halogens is 1. The lowest BCUT2D eigenvalue weighted by Crippen LogP contribution is -2.38. The third-order valence-corrected chi connectivity index (χ3v) is 4.48. The Labute approximate surface area is 164 Å². The van der Waals surface area contributed by atoms with Crippen molar-refractivity contribution < 1.29 is 0 Å². The Morgan fingerprint density at radius 1 is 1.22 bits per heavy atom. The Morgan fingerprint density at radius 3 is 2.78 bits per heavy atom. The number of aromatic nitrogens is 3. The Balaban J connectivity index is 1.71. The number of nitrogens with one attached hydrogen (secondary N) is 1. The number of nitrogens with zero attached hydrogens (tertiary/aromatic N) is 5. The molecule has 0 unspecified atom stereocenters. The molecule has 3 aromatic rings. The van der Waals surface area contributed by atoms with Crippen molar-refractivity contribution in [2.45, 2.75) is 20.0 Å². The Morgan fingerprint density at radius 2 is 2.07 bits per heavy atom. The molecule has 1 N–H and O–H groups in total. The molecule has 3 rings (SSSR count). The monoisotopic (exact) mass is 382 g/mol. The van der Waals surface area contributed by atoms with Crippen molar-refractivity contribution >= 4 is 17.6 Å². The molecule has 0 spiro atoms. The minimum Gasteiger partial charge on any atom is -0.352 e. The van der Waals surface area contributed by atoms with E-state index in [1.54, 1.807) is 19.4 Å². The van der Waals surface area contributed by atoms with Crippen molar-refractivity contribution in [1.82, 2.24) is 24.8 Å². The maximum atomic E-state index is 6.08. The number of pyridine rings is 1. The topological polar surface area (TPSA) is 58.3 Å². The van der Waals surface area contributed by atoms with Crippen LogP contribution in [0.15, 0.2) is 60.0 Å². The second kappa shape index (κ2) is 8.68. The fraction of sp³-hybridized carbons (Fsp3) is 0.250. The molecular weight excluding hydrogens is 360 g/mol. The summed E-state index contributed by atoms with van der Waals surface area (Å²) in [6.07, 6.45) is 5.48. The Bertz CT molecular complexity index is 933. The van der Waals surface area contributed by atoms with Gasteiger partial charge in [0.1, 0.15) is 11.6 Å². The van der Waals surface area contributed by atoms with Gasteiger partial charge in [0.05, 0.1) is 0 Å². The van der Waals surface area contributed by atoms with Crippen molar-refractivity contribution in [1.29, 1.82) is 0 Å². The summed E-state index contributed by atoms with van der Waals surface area (Å²) in [5.41, 5.74) is 2.19. The summed E-state index contributed by atoms with van der Waals surface area (Å²) in [7, 11) is 3.78. The molecule has 7 heteroatoms. The maximum Gasteiger partial charge on any atom is 0.193 e. The van der Waals surface area contributed by atoms with Crippen LogP contribution >= 0.6 is 11.6 Å². The zero-order valence-corrected chi connectivity index (χ0v) is 16.5. The molecule has 2 aromatic heterocycles. The van der Waals surface area contributed by atoms with Crippen molar-refractivity contribution in [3.63, 3.8) is 0 Å². The molecule has 0 amide bonds. The number of aryl methyl sites for hydroxylation is 1. The van der Waals surface area contributed by atoms with Gasteiger partial charge < -0.3 is 10.2 Å². The number of imidazole rings is 1. The van der Waals surface area contributed by atoms with Crippen LogP contribution in [-0.4, -0.2) is 39.5 Å². The number of guanidine groups is 1. The second-order valence-electron chi connectivity index (χ2n) is 6.22. The van der Waals surface area contributed by atoms with E-state index >= 15 is 0 Å². The summed E-state index contributed by atoms with van der Waals surface area (Å²) >= 11 is 6.08.